The molecule has 2 rings (SSSR count). The molecule has 84 valence electrons. The highest BCUT2D eigenvalue weighted by atomic mass is 35.5. The van der Waals surface area contributed by atoms with Gasteiger partial charge in [0.1, 0.15) is 0 Å². The largest absolute Gasteiger partial charge is 0.328 e. The van der Waals surface area contributed by atoms with Crippen LogP contribution in [0.15, 0.2) is 30.5 Å². The fourth-order valence-corrected chi connectivity index (χ4v) is 1.90. The van der Waals surface area contributed by atoms with E-state index in [1.165, 1.54) is 0 Å². The van der Waals surface area contributed by atoms with Crippen LogP contribution in [0.2, 0.25) is 5.02 Å². The summed E-state index contributed by atoms with van der Waals surface area (Å²) < 4.78 is 0. The number of hydrogen-bond acceptors (Lipinski definition) is 3. The topological polar surface area (TPSA) is 64.9 Å². The van der Waals surface area contributed by atoms with Gasteiger partial charge in [-0.15, -0.1) is 0 Å². The minimum absolute atomic E-state index is 0.384. The van der Waals surface area contributed by atoms with Crippen LogP contribution in [-0.2, 0) is 5.54 Å². The Kier molecular flexibility index (Phi) is 2.84. The van der Waals surface area contributed by atoms with Crippen LogP contribution >= 0.6 is 11.6 Å². The van der Waals surface area contributed by atoms with E-state index < -0.39 is 5.54 Å². The lowest BCUT2D eigenvalue weighted by molar-refractivity contribution is 0.512. The van der Waals surface area contributed by atoms with Crippen LogP contribution in [0, 0.1) is 0 Å². The molecule has 4 heteroatoms. The first-order valence-corrected chi connectivity index (χ1v) is 5.46. The fourth-order valence-electron chi connectivity index (χ4n) is 1.73. The van der Waals surface area contributed by atoms with Gasteiger partial charge < -0.3 is 11.5 Å². The van der Waals surface area contributed by atoms with E-state index in [1.807, 2.05) is 31.2 Å². The molecular formula is C12H14ClN3. The molecule has 0 radical (unpaired) electrons. The van der Waals surface area contributed by atoms with E-state index in [1.54, 1.807) is 6.20 Å². The summed E-state index contributed by atoms with van der Waals surface area (Å²) in [5, 5.41) is 1.67. The van der Waals surface area contributed by atoms with Crippen LogP contribution < -0.4 is 11.5 Å². The highest BCUT2D eigenvalue weighted by Gasteiger charge is 2.21. The van der Waals surface area contributed by atoms with Gasteiger partial charge in [-0.1, -0.05) is 17.7 Å². The van der Waals surface area contributed by atoms with Gasteiger partial charge in [0, 0.05) is 23.2 Å². The van der Waals surface area contributed by atoms with Crippen molar-refractivity contribution in [1.29, 1.82) is 0 Å². The standard InChI is InChI=1S/C12H14ClN3/c1-12(15,7-14)10-4-5-16-11-6-8(13)2-3-9(10)11/h2-6H,7,14-15H2,1H3. The SMILES string of the molecule is CC(N)(CN)c1ccnc2cc(Cl)ccc12. The average molecular weight is 236 g/mol. The summed E-state index contributed by atoms with van der Waals surface area (Å²) >= 11 is 5.92. The molecule has 1 heterocycles. The van der Waals surface area contributed by atoms with E-state index >= 15 is 0 Å². The molecule has 0 aliphatic carbocycles. The van der Waals surface area contributed by atoms with Crippen molar-refractivity contribution in [2.24, 2.45) is 11.5 Å². The Morgan fingerprint density at radius 3 is 2.81 bits per heavy atom. The molecule has 1 unspecified atom stereocenters. The maximum Gasteiger partial charge on any atom is 0.0720 e. The fraction of sp³-hybridized carbons (Fsp3) is 0.250. The molecule has 0 aliphatic rings. The first-order chi connectivity index (χ1) is 7.54. The van der Waals surface area contributed by atoms with Gasteiger partial charge in [0.05, 0.1) is 11.1 Å². The first-order valence-electron chi connectivity index (χ1n) is 5.08. The zero-order valence-electron chi connectivity index (χ0n) is 9.07. The van der Waals surface area contributed by atoms with Gasteiger partial charge in [-0.05, 0) is 30.7 Å². The van der Waals surface area contributed by atoms with E-state index in [-0.39, 0.29) is 0 Å². The number of nitrogens with two attached hydrogens (primary N) is 2. The van der Waals surface area contributed by atoms with Crippen molar-refractivity contribution in [2.45, 2.75) is 12.5 Å². The van der Waals surface area contributed by atoms with Gasteiger partial charge in [-0.25, -0.2) is 0 Å². The molecule has 1 aromatic carbocycles. The predicted molar refractivity (Wildman–Crippen MR) is 67.3 cm³/mol. The Morgan fingerprint density at radius 1 is 1.38 bits per heavy atom. The molecule has 0 saturated heterocycles. The lowest BCUT2D eigenvalue weighted by Crippen LogP contribution is -2.41. The molecule has 0 bridgehead atoms. The number of aromatic nitrogens is 1. The predicted octanol–water partition coefficient (Wildman–Crippen LogP) is 2.02. The average Bonchev–Trinajstić information content (AvgIpc) is 2.27. The normalized spacial score (nSPS) is 15.0. The third kappa shape index (κ3) is 1.89. The molecular weight excluding hydrogens is 222 g/mol. The molecule has 1 atom stereocenters. The van der Waals surface area contributed by atoms with Crippen LogP contribution in [0.1, 0.15) is 12.5 Å². The van der Waals surface area contributed by atoms with E-state index in [0.29, 0.717) is 11.6 Å². The summed E-state index contributed by atoms with van der Waals surface area (Å²) in [6.07, 6.45) is 1.73. The van der Waals surface area contributed by atoms with Gasteiger partial charge >= 0.3 is 0 Å². The van der Waals surface area contributed by atoms with Crippen molar-refractivity contribution < 1.29 is 0 Å². The molecule has 16 heavy (non-hydrogen) atoms. The lowest BCUT2D eigenvalue weighted by Gasteiger charge is -2.24. The molecule has 0 amide bonds. The zero-order chi connectivity index (χ0) is 11.8. The number of halogens is 1. The molecule has 4 N–H and O–H groups in total. The third-order valence-electron chi connectivity index (χ3n) is 2.74. The van der Waals surface area contributed by atoms with Crippen molar-refractivity contribution in [2.75, 3.05) is 6.54 Å². The van der Waals surface area contributed by atoms with Crippen molar-refractivity contribution >= 4 is 22.5 Å². The summed E-state index contributed by atoms with van der Waals surface area (Å²) in [6.45, 7) is 2.30. The Labute approximate surface area is 99.4 Å². The highest BCUT2D eigenvalue weighted by Crippen LogP contribution is 2.26. The zero-order valence-corrected chi connectivity index (χ0v) is 9.83. The summed E-state index contributed by atoms with van der Waals surface area (Å²) in [7, 11) is 0. The van der Waals surface area contributed by atoms with E-state index in [2.05, 4.69) is 4.98 Å². The van der Waals surface area contributed by atoms with Crippen LogP contribution in [0.4, 0.5) is 0 Å². The van der Waals surface area contributed by atoms with Crippen molar-refractivity contribution in [3.05, 3.63) is 41.0 Å². The maximum absolute atomic E-state index is 6.16. The Hall–Kier alpha value is -1.16. The van der Waals surface area contributed by atoms with Crippen molar-refractivity contribution in [3.63, 3.8) is 0 Å². The van der Waals surface area contributed by atoms with Gasteiger partial charge in [0.2, 0.25) is 0 Å². The second kappa shape index (κ2) is 4.01. The molecule has 0 saturated carbocycles. The molecule has 1 aromatic heterocycles. The molecule has 0 aliphatic heterocycles. The van der Waals surface area contributed by atoms with Gasteiger partial charge in [0.15, 0.2) is 0 Å². The van der Waals surface area contributed by atoms with Gasteiger partial charge in [0.25, 0.3) is 0 Å². The van der Waals surface area contributed by atoms with Crippen LogP contribution in [0.3, 0.4) is 0 Å². The summed E-state index contributed by atoms with van der Waals surface area (Å²) in [5.41, 5.74) is 13.1. The smallest absolute Gasteiger partial charge is 0.0720 e. The maximum atomic E-state index is 6.16. The number of hydrogen-bond donors (Lipinski definition) is 2. The minimum Gasteiger partial charge on any atom is -0.328 e. The lowest BCUT2D eigenvalue weighted by atomic mass is 9.91. The van der Waals surface area contributed by atoms with Crippen LogP contribution in [-0.4, -0.2) is 11.5 Å². The number of nitrogens with zero attached hydrogens (tertiary/aromatic N) is 1. The van der Waals surface area contributed by atoms with E-state index in [0.717, 1.165) is 16.5 Å². The number of fused-ring (bicyclic) bond motifs is 1. The quantitative estimate of drug-likeness (QED) is 0.837. The number of pyridine rings is 1. The van der Waals surface area contributed by atoms with Crippen molar-refractivity contribution in [1.82, 2.24) is 4.98 Å². The third-order valence-corrected chi connectivity index (χ3v) is 2.98. The Morgan fingerprint density at radius 2 is 2.12 bits per heavy atom. The highest BCUT2D eigenvalue weighted by molar-refractivity contribution is 6.31. The number of benzene rings is 1. The first kappa shape index (κ1) is 11.3. The van der Waals surface area contributed by atoms with Crippen LogP contribution in [0.25, 0.3) is 10.9 Å². The van der Waals surface area contributed by atoms with Gasteiger partial charge in [-0.2, -0.15) is 0 Å². The summed E-state index contributed by atoms with van der Waals surface area (Å²) in [6, 6.07) is 7.50. The monoisotopic (exact) mass is 235 g/mol. The summed E-state index contributed by atoms with van der Waals surface area (Å²) in [4.78, 5) is 4.27. The van der Waals surface area contributed by atoms with E-state index in [9.17, 15) is 0 Å². The summed E-state index contributed by atoms with van der Waals surface area (Å²) in [5.74, 6) is 0. The molecule has 3 nitrogen and oxygen atoms in total. The second-order valence-electron chi connectivity index (χ2n) is 4.14. The Balaban J connectivity index is 2.72. The Bertz CT molecular complexity index is 523. The molecule has 0 spiro atoms. The second-order valence-corrected chi connectivity index (χ2v) is 4.58. The molecule has 0 fully saturated rings. The van der Waals surface area contributed by atoms with Crippen molar-refractivity contribution in [3.8, 4) is 0 Å². The van der Waals surface area contributed by atoms with Gasteiger partial charge in [-0.3, -0.25) is 4.98 Å². The van der Waals surface area contributed by atoms with Crippen LogP contribution in [0.5, 0.6) is 0 Å². The number of rotatable bonds is 2. The minimum atomic E-state index is -0.547. The van der Waals surface area contributed by atoms with E-state index in [4.69, 9.17) is 23.1 Å². The molecule has 2 aromatic rings.